The van der Waals surface area contributed by atoms with Gasteiger partial charge in [-0.15, -0.1) is 0 Å². The number of rotatable bonds is 8. The molecule has 11 aromatic carbocycles. The zero-order valence-electron chi connectivity index (χ0n) is 40.7. The van der Waals surface area contributed by atoms with Crippen molar-refractivity contribution in [2.45, 2.75) is 17.8 Å². The van der Waals surface area contributed by atoms with E-state index in [1.165, 1.54) is 94.0 Å². The van der Waals surface area contributed by atoms with Crippen LogP contribution in [0.15, 0.2) is 285 Å². The normalized spacial score (nSPS) is 16.0. The molecule has 15 rings (SSSR count). The van der Waals surface area contributed by atoms with Crippen LogP contribution in [0, 0.1) is 0 Å². The molecule has 3 nitrogen and oxygen atoms in total. The minimum Gasteiger partial charge on any atom is -0.311 e. The number of benzene rings is 11. The number of hydrogen-bond acceptors (Lipinski definition) is 2. The Morgan fingerprint density at radius 2 is 1.00 bits per heavy atom. The molecule has 0 bridgehead atoms. The molecule has 0 radical (unpaired) electrons. The monoisotopic (exact) mass is 943 g/mol. The molecule has 0 saturated heterocycles. The minimum absolute atomic E-state index is 0.236. The first-order valence-corrected chi connectivity index (χ1v) is 25.9. The average Bonchev–Trinajstić information content (AvgIpc) is 4.00. The smallest absolute Gasteiger partial charge is 0.0755 e. The van der Waals surface area contributed by atoms with E-state index >= 15 is 0 Å². The molecule has 2 atom stereocenters. The highest BCUT2D eigenvalue weighted by molar-refractivity contribution is 6.13. The highest BCUT2D eigenvalue weighted by Crippen LogP contribution is 2.62. The number of fused-ring (bicyclic) bond motifs is 13. The van der Waals surface area contributed by atoms with Crippen molar-refractivity contribution in [1.29, 1.82) is 0 Å². The molecule has 0 saturated carbocycles. The van der Waals surface area contributed by atoms with Crippen molar-refractivity contribution in [3.63, 3.8) is 0 Å². The fraction of sp³-hybridized carbons (Fsp3) is 0.0423. The molecule has 1 spiro atoms. The van der Waals surface area contributed by atoms with Gasteiger partial charge in [0.25, 0.3) is 0 Å². The highest BCUT2D eigenvalue weighted by atomic mass is 15.2. The van der Waals surface area contributed by atoms with Crippen LogP contribution < -0.4 is 9.80 Å². The SMILES string of the molecule is C1=CC(c2ccc(N(c3ccc4c(c3)C3(c5ccccc5-4)c4ccccc4-n4c5ccccc5c5cccc3c54)c3cccc4ccccc34)cc2)CC=C1N(c1ccccc1)c1ccc(-c2ccccc2)cc1. The molecular formula is C71H49N3. The molecule has 0 N–H and O–H groups in total. The maximum atomic E-state index is 2.52. The third-order valence-corrected chi connectivity index (χ3v) is 16.1. The summed E-state index contributed by atoms with van der Waals surface area (Å²) in [5.74, 6) is 0.236. The Kier molecular flexibility index (Phi) is 9.61. The van der Waals surface area contributed by atoms with E-state index in [9.17, 15) is 0 Å². The second-order valence-corrected chi connectivity index (χ2v) is 19.9. The molecule has 3 aliphatic rings. The number of anilines is 5. The van der Waals surface area contributed by atoms with Crippen molar-refractivity contribution in [2.75, 3.05) is 9.80 Å². The van der Waals surface area contributed by atoms with Crippen molar-refractivity contribution in [3.05, 3.63) is 313 Å². The molecular weight excluding hydrogens is 895 g/mol. The van der Waals surface area contributed by atoms with Crippen LogP contribution in [0.25, 0.3) is 60.5 Å². The van der Waals surface area contributed by atoms with Gasteiger partial charge < -0.3 is 14.4 Å². The summed E-state index contributed by atoms with van der Waals surface area (Å²) in [4.78, 5) is 4.86. The molecule has 1 aromatic heterocycles. The zero-order chi connectivity index (χ0) is 48.7. The van der Waals surface area contributed by atoms with Crippen molar-refractivity contribution in [2.24, 2.45) is 0 Å². The number of para-hydroxylation sites is 4. The minimum atomic E-state index is -0.557. The maximum Gasteiger partial charge on any atom is 0.0755 e. The van der Waals surface area contributed by atoms with E-state index < -0.39 is 5.41 Å². The lowest BCUT2D eigenvalue weighted by molar-refractivity contribution is 0.748. The number of nitrogens with zero attached hydrogens (tertiary/aromatic N) is 3. The Morgan fingerprint density at radius 3 is 1.82 bits per heavy atom. The van der Waals surface area contributed by atoms with Gasteiger partial charge in [0.15, 0.2) is 0 Å². The van der Waals surface area contributed by atoms with Gasteiger partial charge in [-0.1, -0.05) is 206 Å². The fourth-order valence-electron chi connectivity index (χ4n) is 12.9. The maximum absolute atomic E-state index is 2.52. The van der Waals surface area contributed by atoms with Gasteiger partial charge in [-0.05, 0) is 135 Å². The largest absolute Gasteiger partial charge is 0.311 e. The van der Waals surface area contributed by atoms with Gasteiger partial charge in [0.1, 0.15) is 0 Å². The van der Waals surface area contributed by atoms with Crippen molar-refractivity contribution < 1.29 is 0 Å². The van der Waals surface area contributed by atoms with Crippen LogP contribution in [0.3, 0.4) is 0 Å². The summed E-state index contributed by atoms with van der Waals surface area (Å²) in [6.07, 6.45) is 8.00. The van der Waals surface area contributed by atoms with E-state index in [0.29, 0.717) is 0 Å². The van der Waals surface area contributed by atoms with Gasteiger partial charge in [-0.3, -0.25) is 0 Å². The standard InChI is InChI=1S/C71H49N3/c1-3-17-48(18-4-1)49-33-39-54(40-34-49)72(53-21-5-2-6-22-53)55-41-35-50(36-42-55)51-37-43-56(44-38-51)73(67-32-15-20-52-19-7-8-23-58(52)67)57-45-46-60-59-24-9-11-27-63(59)71(66(60)47-57)64-28-12-14-31-69(64)74-68-30-13-10-25-61(68)62-26-16-29-65(71)70(62)74/h1-35,37-47,50H,36H2. The van der Waals surface area contributed by atoms with Crippen LogP contribution in [0.1, 0.15) is 40.2 Å². The second kappa shape index (κ2) is 16.8. The van der Waals surface area contributed by atoms with Crippen LogP contribution in [0.2, 0.25) is 0 Å². The molecule has 0 amide bonds. The summed E-state index contributed by atoms with van der Waals surface area (Å²) in [6.45, 7) is 0. The molecule has 348 valence electrons. The van der Waals surface area contributed by atoms with Gasteiger partial charge in [0.2, 0.25) is 0 Å². The van der Waals surface area contributed by atoms with E-state index in [2.05, 4.69) is 293 Å². The number of aromatic nitrogens is 1. The summed E-state index contributed by atoms with van der Waals surface area (Å²) in [6, 6.07) is 96.6. The molecule has 74 heavy (non-hydrogen) atoms. The molecule has 0 fully saturated rings. The first kappa shape index (κ1) is 42.3. The predicted molar refractivity (Wildman–Crippen MR) is 309 cm³/mol. The van der Waals surface area contributed by atoms with Crippen LogP contribution in [0.4, 0.5) is 28.4 Å². The van der Waals surface area contributed by atoms with Crippen LogP contribution >= 0.6 is 0 Å². The van der Waals surface area contributed by atoms with Crippen molar-refractivity contribution in [3.8, 4) is 27.9 Å². The second-order valence-electron chi connectivity index (χ2n) is 19.9. The zero-order valence-corrected chi connectivity index (χ0v) is 40.7. The Bertz CT molecular complexity index is 4220. The topological polar surface area (TPSA) is 11.4 Å². The Balaban J connectivity index is 0.840. The van der Waals surface area contributed by atoms with Crippen LogP contribution in [0.5, 0.6) is 0 Å². The van der Waals surface area contributed by atoms with Crippen molar-refractivity contribution in [1.82, 2.24) is 4.57 Å². The van der Waals surface area contributed by atoms with Crippen molar-refractivity contribution >= 4 is 61.0 Å². The summed E-state index contributed by atoms with van der Waals surface area (Å²) in [7, 11) is 0. The Morgan fingerprint density at radius 1 is 0.405 bits per heavy atom. The molecule has 2 unspecified atom stereocenters. The lowest BCUT2D eigenvalue weighted by Gasteiger charge is -2.40. The lowest BCUT2D eigenvalue weighted by atomic mass is 9.65. The van der Waals surface area contributed by atoms with E-state index in [1.54, 1.807) is 0 Å². The predicted octanol–water partition coefficient (Wildman–Crippen LogP) is 18.5. The van der Waals surface area contributed by atoms with E-state index in [-0.39, 0.29) is 5.92 Å². The number of allylic oxidation sites excluding steroid dienone is 3. The fourth-order valence-corrected chi connectivity index (χ4v) is 12.9. The summed E-state index contributed by atoms with van der Waals surface area (Å²) >= 11 is 0. The first-order chi connectivity index (χ1) is 36.7. The highest BCUT2D eigenvalue weighted by Gasteiger charge is 2.51. The van der Waals surface area contributed by atoms with Gasteiger partial charge in [-0.25, -0.2) is 0 Å². The van der Waals surface area contributed by atoms with E-state index in [4.69, 9.17) is 0 Å². The molecule has 2 aliphatic carbocycles. The van der Waals surface area contributed by atoms with Gasteiger partial charge in [0, 0.05) is 50.5 Å². The summed E-state index contributed by atoms with van der Waals surface area (Å²) in [5.41, 5.74) is 21.6. The lowest BCUT2D eigenvalue weighted by Crippen LogP contribution is -2.33. The number of hydrogen-bond donors (Lipinski definition) is 0. The molecule has 12 aromatic rings. The van der Waals surface area contributed by atoms with E-state index in [0.717, 1.165) is 34.9 Å². The molecule has 3 heteroatoms. The van der Waals surface area contributed by atoms with E-state index in [1.807, 2.05) is 0 Å². The Labute approximate surface area is 431 Å². The molecule has 1 aliphatic heterocycles. The quantitative estimate of drug-likeness (QED) is 0.150. The van der Waals surface area contributed by atoms with Crippen LogP contribution in [-0.2, 0) is 5.41 Å². The third kappa shape index (κ3) is 6.33. The summed E-state index contributed by atoms with van der Waals surface area (Å²) < 4.78 is 2.52. The Hall–Kier alpha value is -9.44. The first-order valence-electron chi connectivity index (χ1n) is 25.9. The third-order valence-electron chi connectivity index (χ3n) is 16.1. The van der Waals surface area contributed by atoms with Gasteiger partial charge in [-0.2, -0.15) is 0 Å². The van der Waals surface area contributed by atoms with Gasteiger partial charge >= 0.3 is 0 Å². The average molecular weight is 944 g/mol. The molecule has 2 heterocycles. The summed E-state index contributed by atoms with van der Waals surface area (Å²) in [5, 5.41) is 4.99. The van der Waals surface area contributed by atoms with Gasteiger partial charge in [0.05, 0.1) is 27.8 Å². The van der Waals surface area contributed by atoms with Crippen LogP contribution in [-0.4, -0.2) is 4.57 Å².